The van der Waals surface area contributed by atoms with Gasteiger partial charge in [0.25, 0.3) is 5.91 Å². The predicted octanol–water partition coefficient (Wildman–Crippen LogP) is 3.42. The molecule has 1 amide bonds. The van der Waals surface area contributed by atoms with Crippen molar-refractivity contribution in [3.05, 3.63) is 77.2 Å². The molecule has 2 aromatic carbocycles. The molecular weight excluding hydrogens is 317 g/mol. The number of benzene rings is 2. The summed E-state index contributed by atoms with van der Waals surface area (Å²) in [5.41, 5.74) is 4.51. The number of halogens is 1. The zero-order chi connectivity index (χ0) is 17.4. The molecule has 4 nitrogen and oxygen atoms in total. The maximum atomic E-state index is 13.1. The highest BCUT2D eigenvalue weighted by Gasteiger charge is 2.24. The second-order valence-corrected chi connectivity index (χ2v) is 6.29. The molecule has 126 valence electrons. The maximum Gasteiger partial charge on any atom is 0.272 e. The molecule has 1 aliphatic rings. The van der Waals surface area contributed by atoms with E-state index in [9.17, 15) is 9.18 Å². The molecule has 0 spiro atoms. The quantitative estimate of drug-likeness (QED) is 0.720. The Morgan fingerprint density at radius 3 is 2.56 bits per heavy atom. The molecule has 1 aliphatic heterocycles. The van der Waals surface area contributed by atoms with Crippen molar-refractivity contribution in [3.8, 4) is 11.3 Å². The van der Waals surface area contributed by atoms with E-state index in [0.717, 1.165) is 12.0 Å². The summed E-state index contributed by atoms with van der Waals surface area (Å²) in [5, 5.41) is 4.42. The summed E-state index contributed by atoms with van der Waals surface area (Å²) in [6, 6.07) is 16.1. The number of hydrogen-bond acceptors (Lipinski definition) is 2. The van der Waals surface area contributed by atoms with Gasteiger partial charge in [-0.15, -0.1) is 0 Å². The fourth-order valence-corrected chi connectivity index (χ4v) is 3.26. The Labute approximate surface area is 145 Å². The van der Waals surface area contributed by atoms with E-state index in [1.165, 1.54) is 23.3 Å². The summed E-state index contributed by atoms with van der Waals surface area (Å²) in [7, 11) is 1.76. The van der Waals surface area contributed by atoms with Crippen LogP contribution in [0.15, 0.2) is 54.6 Å². The highest BCUT2D eigenvalue weighted by Crippen LogP contribution is 2.23. The van der Waals surface area contributed by atoms with Gasteiger partial charge in [0.1, 0.15) is 11.5 Å². The van der Waals surface area contributed by atoms with Crippen LogP contribution in [-0.4, -0.2) is 27.1 Å². The van der Waals surface area contributed by atoms with Crippen LogP contribution in [0.3, 0.4) is 0 Å². The SMILES string of the molecule is Cn1nc(-c2ccc(F)cc2)cc1C(=O)N1CCc2ccccc2C1. The van der Waals surface area contributed by atoms with Crippen LogP contribution in [0, 0.1) is 5.82 Å². The summed E-state index contributed by atoms with van der Waals surface area (Å²) in [5.74, 6) is -0.319. The van der Waals surface area contributed by atoms with E-state index >= 15 is 0 Å². The van der Waals surface area contributed by atoms with Crippen molar-refractivity contribution < 1.29 is 9.18 Å². The Bertz CT molecular complexity index is 930. The highest BCUT2D eigenvalue weighted by molar-refractivity contribution is 5.93. The zero-order valence-electron chi connectivity index (χ0n) is 13.9. The van der Waals surface area contributed by atoms with Gasteiger partial charge in [0.15, 0.2) is 0 Å². The van der Waals surface area contributed by atoms with Crippen LogP contribution in [0.2, 0.25) is 0 Å². The van der Waals surface area contributed by atoms with E-state index in [0.29, 0.717) is 24.5 Å². The number of amides is 1. The van der Waals surface area contributed by atoms with Crippen molar-refractivity contribution in [2.24, 2.45) is 7.05 Å². The molecule has 0 radical (unpaired) electrons. The van der Waals surface area contributed by atoms with Gasteiger partial charge in [0.05, 0.1) is 5.69 Å². The fourth-order valence-electron chi connectivity index (χ4n) is 3.26. The van der Waals surface area contributed by atoms with Gasteiger partial charge in [0, 0.05) is 25.7 Å². The smallest absolute Gasteiger partial charge is 0.272 e. The van der Waals surface area contributed by atoms with Crippen LogP contribution in [-0.2, 0) is 20.0 Å². The first-order valence-electron chi connectivity index (χ1n) is 8.28. The topological polar surface area (TPSA) is 38.1 Å². The van der Waals surface area contributed by atoms with Gasteiger partial charge in [-0.1, -0.05) is 24.3 Å². The standard InChI is InChI=1S/C20H18FN3O/c1-23-19(12-18(22-23)15-6-8-17(21)9-7-15)20(25)24-11-10-14-4-2-3-5-16(14)13-24/h2-9,12H,10-11,13H2,1H3. The first kappa shape index (κ1) is 15.6. The van der Waals surface area contributed by atoms with Crippen LogP contribution in [0.25, 0.3) is 11.3 Å². The minimum Gasteiger partial charge on any atom is -0.333 e. The molecule has 0 N–H and O–H groups in total. The van der Waals surface area contributed by atoms with Gasteiger partial charge in [0.2, 0.25) is 0 Å². The fraction of sp³-hybridized carbons (Fsp3) is 0.200. The van der Waals surface area contributed by atoms with Crippen molar-refractivity contribution in [2.75, 3.05) is 6.54 Å². The van der Waals surface area contributed by atoms with Crippen molar-refractivity contribution in [1.82, 2.24) is 14.7 Å². The molecule has 0 atom stereocenters. The Morgan fingerprint density at radius 2 is 1.80 bits per heavy atom. The minimum absolute atomic E-state index is 0.0298. The van der Waals surface area contributed by atoms with Gasteiger partial charge < -0.3 is 4.90 Å². The average molecular weight is 335 g/mol. The molecule has 0 aliphatic carbocycles. The third-order valence-electron chi connectivity index (χ3n) is 4.66. The van der Waals surface area contributed by atoms with Gasteiger partial charge in [-0.3, -0.25) is 9.48 Å². The third-order valence-corrected chi connectivity index (χ3v) is 4.66. The number of fused-ring (bicyclic) bond motifs is 1. The van der Waals surface area contributed by atoms with Gasteiger partial charge in [-0.2, -0.15) is 5.10 Å². The Hall–Kier alpha value is -2.95. The zero-order valence-corrected chi connectivity index (χ0v) is 13.9. The maximum absolute atomic E-state index is 13.1. The lowest BCUT2D eigenvalue weighted by atomic mass is 10.00. The number of rotatable bonds is 2. The monoisotopic (exact) mass is 335 g/mol. The lowest BCUT2D eigenvalue weighted by Gasteiger charge is -2.28. The Morgan fingerprint density at radius 1 is 1.08 bits per heavy atom. The first-order chi connectivity index (χ1) is 12.1. The number of carbonyl (C=O) groups excluding carboxylic acids is 1. The van der Waals surface area contributed by atoms with Crippen molar-refractivity contribution in [1.29, 1.82) is 0 Å². The van der Waals surface area contributed by atoms with E-state index < -0.39 is 0 Å². The summed E-state index contributed by atoms with van der Waals surface area (Å²) in [6.45, 7) is 1.32. The van der Waals surface area contributed by atoms with E-state index in [-0.39, 0.29) is 11.7 Å². The second-order valence-electron chi connectivity index (χ2n) is 6.29. The minimum atomic E-state index is -0.289. The molecule has 0 bridgehead atoms. The Balaban J connectivity index is 1.60. The number of carbonyl (C=O) groups is 1. The lowest BCUT2D eigenvalue weighted by molar-refractivity contribution is 0.0723. The number of nitrogens with zero attached hydrogens (tertiary/aromatic N) is 3. The molecule has 2 heterocycles. The number of hydrogen-bond donors (Lipinski definition) is 0. The van der Waals surface area contributed by atoms with Crippen LogP contribution in [0.4, 0.5) is 4.39 Å². The largest absolute Gasteiger partial charge is 0.333 e. The first-order valence-corrected chi connectivity index (χ1v) is 8.28. The van der Waals surface area contributed by atoms with Crippen molar-refractivity contribution >= 4 is 5.91 Å². The molecule has 3 aromatic rings. The van der Waals surface area contributed by atoms with E-state index in [4.69, 9.17) is 0 Å². The number of aryl methyl sites for hydroxylation is 1. The second kappa shape index (κ2) is 6.16. The van der Waals surface area contributed by atoms with Crippen LogP contribution >= 0.6 is 0 Å². The summed E-state index contributed by atoms with van der Waals surface area (Å²) in [6.07, 6.45) is 0.866. The van der Waals surface area contributed by atoms with Crippen molar-refractivity contribution in [3.63, 3.8) is 0 Å². The van der Waals surface area contributed by atoms with E-state index in [1.807, 2.05) is 17.0 Å². The van der Waals surface area contributed by atoms with Crippen LogP contribution in [0.5, 0.6) is 0 Å². The van der Waals surface area contributed by atoms with Gasteiger partial charge in [-0.05, 0) is 47.9 Å². The molecule has 0 fully saturated rings. The van der Waals surface area contributed by atoms with Gasteiger partial charge in [-0.25, -0.2) is 4.39 Å². The summed E-state index contributed by atoms with van der Waals surface area (Å²) >= 11 is 0. The van der Waals surface area contributed by atoms with E-state index in [1.54, 1.807) is 29.9 Å². The van der Waals surface area contributed by atoms with Crippen LogP contribution < -0.4 is 0 Å². The normalized spacial score (nSPS) is 13.6. The molecule has 0 unspecified atom stereocenters. The van der Waals surface area contributed by atoms with Gasteiger partial charge >= 0.3 is 0 Å². The van der Waals surface area contributed by atoms with Crippen molar-refractivity contribution in [2.45, 2.75) is 13.0 Å². The average Bonchev–Trinajstić information content (AvgIpc) is 3.03. The molecule has 0 saturated heterocycles. The Kier molecular flexibility index (Phi) is 3.84. The summed E-state index contributed by atoms with van der Waals surface area (Å²) < 4.78 is 14.7. The lowest BCUT2D eigenvalue weighted by Crippen LogP contribution is -2.36. The van der Waals surface area contributed by atoms with Crippen LogP contribution in [0.1, 0.15) is 21.6 Å². The predicted molar refractivity (Wildman–Crippen MR) is 93.5 cm³/mol. The molecular formula is C20H18FN3O. The summed E-state index contributed by atoms with van der Waals surface area (Å²) in [4.78, 5) is 14.8. The van der Waals surface area contributed by atoms with E-state index in [2.05, 4.69) is 17.2 Å². The third kappa shape index (κ3) is 2.93. The number of aromatic nitrogens is 2. The highest BCUT2D eigenvalue weighted by atomic mass is 19.1. The molecule has 25 heavy (non-hydrogen) atoms. The molecule has 5 heteroatoms. The molecule has 1 aromatic heterocycles. The molecule has 0 saturated carbocycles. The molecule has 4 rings (SSSR count).